The van der Waals surface area contributed by atoms with Crippen LogP contribution in [0.15, 0.2) is 34.2 Å². The van der Waals surface area contributed by atoms with Crippen LogP contribution in [0, 0.1) is 20.8 Å². The third-order valence-corrected chi connectivity index (χ3v) is 5.17. The lowest BCUT2D eigenvalue weighted by Crippen LogP contribution is -2.15. The summed E-state index contributed by atoms with van der Waals surface area (Å²) in [5.41, 5.74) is 2.82. The number of aromatic nitrogens is 2. The maximum atomic E-state index is 12.1. The number of rotatable bonds is 4. The van der Waals surface area contributed by atoms with Gasteiger partial charge in [-0.1, -0.05) is 17.8 Å². The summed E-state index contributed by atoms with van der Waals surface area (Å²) in [5, 5.41) is 3.93. The van der Waals surface area contributed by atoms with Gasteiger partial charge in [-0.25, -0.2) is 4.98 Å². The lowest BCUT2D eigenvalue weighted by molar-refractivity contribution is -0.113. The number of carbonyl (C=O) groups is 1. The first kappa shape index (κ1) is 16.7. The quantitative estimate of drug-likeness (QED) is 0.551. The fourth-order valence-corrected chi connectivity index (χ4v) is 4.08. The molecule has 0 radical (unpaired) electrons. The molecule has 3 rings (SSSR count). The Kier molecular flexibility index (Phi) is 4.73. The Bertz CT molecular complexity index is 955. The van der Waals surface area contributed by atoms with Crippen molar-refractivity contribution in [2.24, 2.45) is 0 Å². The largest absolute Gasteiger partial charge is 0.325 e. The van der Waals surface area contributed by atoms with E-state index in [-0.39, 0.29) is 17.2 Å². The summed E-state index contributed by atoms with van der Waals surface area (Å²) >= 11 is 2.70. The summed E-state index contributed by atoms with van der Waals surface area (Å²) in [5.74, 6) is 0.0568. The van der Waals surface area contributed by atoms with Crippen molar-refractivity contribution in [3.8, 4) is 0 Å². The van der Waals surface area contributed by atoms with Crippen molar-refractivity contribution in [2.75, 3.05) is 11.1 Å². The Morgan fingerprint density at radius 2 is 1.92 bits per heavy atom. The second-order valence-electron chi connectivity index (χ2n) is 5.66. The van der Waals surface area contributed by atoms with Crippen LogP contribution in [0.5, 0.6) is 0 Å². The number of benzene rings is 1. The van der Waals surface area contributed by atoms with E-state index in [1.54, 1.807) is 0 Å². The third kappa shape index (κ3) is 3.85. The molecule has 0 aliphatic heterocycles. The summed E-state index contributed by atoms with van der Waals surface area (Å²) in [6, 6.07) is 7.73. The lowest BCUT2D eigenvalue weighted by Gasteiger charge is -2.07. The molecule has 2 aromatic heterocycles. The van der Waals surface area contributed by atoms with Crippen molar-refractivity contribution in [2.45, 2.75) is 25.9 Å². The van der Waals surface area contributed by atoms with E-state index < -0.39 is 0 Å². The van der Waals surface area contributed by atoms with E-state index in [4.69, 9.17) is 0 Å². The van der Waals surface area contributed by atoms with Gasteiger partial charge < -0.3 is 10.3 Å². The molecule has 0 fully saturated rings. The zero-order valence-corrected chi connectivity index (χ0v) is 15.2. The number of amides is 1. The highest BCUT2D eigenvalue weighted by Gasteiger charge is 2.10. The van der Waals surface area contributed by atoms with Crippen molar-refractivity contribution in [1.29, 1.82) is 0 Å². The summed E-state index contributed by atoms with van der Waals surface area (Å²) in [6.45, 7) is 5.92. The molecule has 5 nitrogen and oxygen atoms in total. The van der Waals surface area contributed by atoms with Gasteiger partial charge >= 0.3 is 0 Å². The first-order valence-corrected chi connectivity index (χ1v) is 9.22. The number of anilines is 1. The molecule has 3 aromatic rings. The van der Waals surface area contributed by atoms with Gasteiger partial charge in [0.25, 0.3) is 5.56 Å². The average Bonchev–Trinajstić information content (AvgIpc) is 2.85. The molecular formula is C17H17N3O2S2. The van der Waals surface area contributed by atoms with E-state index in [2.05, 4.69) is 21.4 Å². The maximum absolute atomic E-state index is 12.1. The van der Waals surface area contributed by atoms with Gasteiger partial charge in [0.15, 0.2) is 5.16 Å². The predicted octanol–water partition coefficient (Wildman–Crippen LogP) is 3.64. The maximum Gasteiger partial charge on any atom is 0.260 e. The zero-order valence-electron chi connectivity index (χ0n) is 13.6. The summed E-state index contributed by atoms with van der Waals surface area (Å²) < 4.78 is 0. The minimum atomic E-state index is -0.165. The van der Waals surface area contributed by atoms with Crippen molar-refractivity contribution < 1.29 is 4.79 Å². The van der Waals surface area contributed by atoms with Crippen LogP contribution in [0.1, 0.15) is 16.0 Å². The Balaban J connectivity index is 1.69. The van der Waals surface area contributed by atoms with Gasteiger partial charge in [0.2, 0.25) is 5.91 Å². The van der Waals surface area contributed by atoms with Crippen LogP contribution in [0.3, 0.4) is 0 Å². The first-order valence-electron chi connectivity index (χ1n) is 7.42. The van der Waals surface area contributed by atoms with Gasteiger partial charge in [0.1, 0.15) is 4.83 Å². The Labute approximate surface area is 147 Å². The number of carbonyl (C=O) groups excluding carboxylic acids is 1. The molecule has 24 heavy (non-hydrogen) atoms. The van der Waals surface area contributed by atoms with Crippen LogP contribution in [-0.2, 0) is 4.79 Å². The number of hydrogen-bond acceptors (Lipinski definition) is 5. The topological polar surface area (TPSA) is 74.8 Å². The second-order valence-corrected chi connectivity index (χ2v) is 7.86. The number of nitrogens with one attached hydrogen (secondary N) is 2. The molecular weight excluding hydrogens is 342 g/mol. The SMILES string of the molecule is Cc1cc(C)cc(NC(=O)CSc2nc3sc(C)cc3c(=O)[nH]2)c1. The van der Waals surface area contributed by atoms with Crippen LogP contribution in [-0.4, -0.2) is 21.6 Å². The first-order chi connectivity index (χ1) is 11.4. The van der Waals surface area contributed by atoms with Crippen LogP contribution in [0.25, 0.3) is 10.2 Å². The van der Waals surface area contributed by atoms with Crippen LogP contribution in [0.4, 0.5) is 5.69 Å². The number of H-pyrrole nitrogens is 1. The average molecular weight is 359 g/mol. The standard InChI is InChI=1S/C17H17N3O2S2/c1-9-4-10(2)6-12(5-9)18-14(21)8-23-17-19-15(22)13-7-11(3)24-16(13)20-17/h4-7H,8H2,1-3H3,(H,18,21)(H,19,20,22). The highest BCUT2D eigenvalue weighted by molar-refractivity contribution is 7.99. The molecule has 0 saturated heterocycles. The van der Waals surface area contributed by atoms with Gasteiger partial charge in [-0.15, -0.1) is 11.3 Å². The molecule has 0 spiro atoms. The van der Waals surface area contributed by atoms with Gasteiger partial charge in [-0.3, -0.25) is 9.59 Å². The molecule has 2 N–H and O–H groups in total. The van der Waals surface area contributed by atoms with Crippen molar-refractivity contribution in [3.63, 3.8) is 0 Å². The minimum absolute atomic E-state index is 0.130. The van der Waals surface area contributed by atoms with Gasteiger partial charge in [-0.05, 0) is 50.1 Å². The summed E-state index contributed by atoms with van der Waals surface area (Å²) in [4.78, 5) is 33.0. The Morgan fingerprint density at radius 1 is 1.21 bits per heavy atom. The number of aromatic amines is 1. The molecule has 0 aliphatic carbocycles. The molecule has 7 heteroatoms. The van der Waals surface area contributed by atoms with E-state index in [9.17, 15) is 9.59 Å². The number of thiophene rings is 1. The van der Waals surface area contributed by atoms with E-state index in [1.165, 1.54) is 23.1 Å². The van der Waals surface area contributed by atoms with E-state index >= 15 is 0 Å². The molecule has 124 valence electrons. The Hall–Kier alpha value is -2.12. The van der Waals surface area contributed by atoms with Crippen molar-refractivity contribution in [3.05, 3.63) is 50.6 Å². The van der Waals surface area contributed by atoms with Crippen LogP contribution < -0.4 is 10.9 Å². The number of thioether (sulfide) groups is 1. The normalized spacial score (nSPS) is 11.0. The Morgan fingerprint density at radius 3 is 2.62 bits per heavy atom. The number of aryl methyl sites for hydroxylation is 3. The molecule has 0 aliphatic rings. The van der Waals surface area contributed by atoms with Crippen molar-refractivity contribution >= 4 is 44.9 Å². The monoisotopic (exact) mass is 359 g/mol. The predicted molar refractivity (Wildman–Crippen MR) is 100 cm³/mol. The van der Waals surface area contributed by atoms with Crippen LogP contribution in [0.2, 0.25) is 0 Å². The van der Waals surface area contributed by atoms with E-state index in [1.807, 2.05) is 39.0 Å². The van der Waals surface area contributed by atoms with E-state index in [0.717, 1.165) is 21.7 Å². The second kappa shape index (κ2) is 6.78. The molecule has 0 unspecified atom stereocenters. The minimum Gasteiger partial charge on any atom is -0.325 e. The molecule has 2 heterocycles. The lowest BCUT2D eigenvalue weighted by atomic mass is 10.1. The highest BCUT2D eigenvalue weighted by Crippen LogP contribution is 2.22. The van der Waals surface area contributed by atoms with Gasteiger partial charge in [0, 0.05) is 10.6 Å². The summed E-state index contributed by atoms with van der Waals surface area (Å²) in [6.07, 6.45) is 0. The van der Waals surface area contributed by atoms with E-state index in [0.29, 0.717) is 15.4 Å². The molecule has 0 atom stereocenters. The van der Waals surface area contributed by atoms with Crippen LogP contribution >= 0.6 is 23.1 Å². The highest BCUT2D eigenvalue weighted by atomic mass is 32.2. The van der Waals surface area contributed by atoms with Crippen molar-refractivity contribution in [1.82, 2.24) is 9.97 Å². The number of nitrogens with zero attached hydrogens (tertiary/aromatic N) is 1. The number of hydrogen-bond donors (Lipinski definition) is 2. The van der Waals surface area contributed by atoms with Gasteiger partial charge in [0.05, 0.1) is 11.1 Å². The number of fused-ring (bicyclic) bond motifs is 1. The third-order valence-electron chi connectivity index (χ3n) is 3.35. The fourth-order valence-electron chi connectivity index (χ4n) is 2.48. The van der Waals surface area contributed by atoms with Gasteiger partial charge in [-0.2, -0.15) is 0 Å². The molecule has 0 bridgehead atoms. The molecule has 1 amide bonds. The fraction of sp³-hybridized carbons (Fsp3) is 0.235. The molecule has 0 saturated carbocycles. The smallest absolute Gasteiger partial charge is 0.260 e. The zero-order chi connectivity index (χ0) is 17.3. The summed E-state index contributed by atoms with van der Waals surface area (Å²) in [7, 11) is 0. The molecule has 1 aromatic carbocycles.